The normalized spacial score (nSPS) is 7.72. The van der Waals surface area contributed by atoms with E-state index in [9.17, 15) is 0 Å². The van der Waals surface area contributed by atoms with E-state index in [1.807, 2.05) is 205 Å². The van der Waals surface area contributed by atoms with E-state index >= 15 is 0 Å². The van der Waals surface area contributed by atoms with Crippen LogP contribution in [0.4, 0.5) is 0 Å². The predicted octanol–water partition coefficient (Wildman–Crippen LogP) is 13.0. The van der Waals surface area contributed by atoms with E-state index in [1.54, 1.807) is 40.2 Å². The minimum atomic E-state index is 1.11. The molecule has 0 amide bonds. The zero-order chi connectivity index (χ0) is 43.2. The third-order valence-electron chi connectivity index (χ3n) is 5.21. The van der Waals surface area contributed by atoms with Crippen molar-refractivity contribution in [3.63, 3.8) is 0 Å². The van der Waals surface area contributed by atoms with Crippen molar-refractivity contribution in [3.8, 4) is 0 Å². The smallest absolute Gasteiger partial charge is 0.177 e. The quantitative estimate of drug-likeness (QED) is 0.144. The van der Waals surface area contributed by atoms with Crippen LogP contribution < -0.4 is 13.7 Å². The summed E-state index contributed by atoms with van der Waals surface area (Å²) in [6, 6.07) is 14.4. The summed E-state index contributed by atoms with van der Waals surface area (Å²) in [5.74, 6) is 0. The second kappa shape index (κ2) is 51.4. The van der Waals surface area contributed by atoms with Crippen LogP contribution in [0.2, 0.25) is 0 Å². The molecule has 0 radical (unpaired) electrons. The van der Waals surface area contributed by atoms with Gasteiger partial charge in [-0.2, -0.15) is 0 Å². The van der Waals surface area contributed by atoms with Gasteiger partial charge in [0.15, 0.2) is 36.7 Å². The molecule has 0 aliphatic carbocycles. The van der Waals surface area contributed by atoms with E-state index in [0.29, 0.717) is 0 Å². The number of pyridine rings is 3. The van der Waals surface area contributed by atoms with Crippen LogP contribution in [-0.2, 0) is 21.1 Å². The topological polar surface area (TPSA) is 50.3 Å². The molecule has 54 heavy (non-hydrogen) atoms. The lowest BCUT2D eigenvalue weighted by Crippen LogP contribution is -2.30. The van der Waals surface area contributed by atoms with Gasteiger partial charge in [-0.05, 0) is 46.2 Å². The van der Waals surface area contributed by atoms with Gasteiger partial charge >= 0.3 is 0 Å². The Kier molecular flexibility index (Phi) is 59.4. The van der Waals surface area contributed by atoms with Crippen LogP contribution in [0.25, 0.3) is 0 Å². The van der Waals surface area contributed by atoms with E-state index in [2.05, 4.69) is 70.8 Å². The van der Waals surface area contributed by atoms with E-state index in [-0.39, 0.29) is 0 Å². The van der Waals surface area contributed by atoms with E-state index < -0.39 is 0 Å². The standard InChI is InChI=1S/3C7H10N.3C4H5NS.6C2H6/c1-7-3-5-8(2)6-4-7;1-7-4-3-5-8(2)6-7;1-7-5-3-4-6-8(7)2;1-4-2-6-3-5-4;1-4-2-5-3-6-4;1-4-5-2-3-6-4;6*1-2/h3*3-6H,1-2H3;3*2-3H,1H3;6*1-2H3/q3*+1;;;;;;;;;. The van der Waals surface area contributed by atoms with Crippen molar-refractivity contribution in [1.82, 2.24) is 15.0 Å². The predicted molar refractivity (Wildman–Crippen MR) is 246 cm³/mol. The maximum atomic E-state index is 3.94. The van der Waals surface area contributed by atoms with Crippen LogP contribution in [0, 0.1) is 41.5 Å². The van der Waals surface area contributed by atoms with Gasteiger partial charge in [0.2, 0.25) is 0 Å². The molecule has 0 saturated carbocycles. The minimum Gasteiger partial charge on any atom is -0.253 e. The van der Waals surface area contributed by atoms with Crippen molar-refractivity contribution in [2.45, 2.75) is 125 Å². The van der Waals surface area contributed by atoms with Crippen LogP contribution in [0.15, 0.2) is 108 Å². The van der Waals surface area contributed by atoms with Crippen molar-refractivity contribution in [3.05, 3.63) is 140 Å². The molecule has 0 N–H and O–H groups in total. The first-order valence-electron chi connectivity index (χ1n) is 19.4. The minimum absolute atomic E-state index is 1.11. The van der Waals surface area contributed by atoms with Gasteiger partial charge in [0.05, 0.1) is 16.0 Å². The molecule has 306 valence electrons. The Morgan fingerprint density at radius 2 is 1.11 bits per heavy atom. The van der Waals surface area contributed by atoms with Crippen LogP contribution in [0.3, 0.4) is 0 Å². The van der Waals surface area contributed by atoms with E-state index in [0.717, 1.165) is 10.7 Å². The first-order chi connectivity index (χ1) is 26.1. The monoisotopic (exact) mass is 802 g/mol. The highest BCUT2D eigenvalue weighted by Gasteiger charge is 1.92. The molecular formula is C45H81N6S3+3. The van der Waals surface area contributed by atoms with Gasteiger partial charge in [-0.1, -0.05) is 89.2 Å². The first-order valence-corrected chi connectivity index (χ1v) is 22.1. The van der Waals surface area contributed by atoms with E-state index in [4.69, 9.17) is 0 Å². The molecule has 0 atom stereocenters. The molecular weight excluding hydrogens is 721 g/mol. The van der Waals surface area contributed by atoms with Gasteiger partial charge in [-0.3, -0.25) is 15.0 Å². The number of rotatable bonds is 0. The molecule has 0 saturated heterocycles. The lowest BCUT2D eigenvalue weighted by molar-refractivity contribution is -0.677. The largest absolute Gasteiger partial charge is 0.253 e. The van der Waals surface area contributed by atoms with Gasteiger partial charge in [-0.15, -0.1) is 34.0 Å². The maximum Gasteiger partial charge on any atom is 0.177 e. The summed E-state index contributed by atoms with van der Waals surface area (Å²) in [5, 5.41) is 5.12. The number of aromatic nitrogens is 6. The van der Waals surface area contributed by atoms with Gasteiger partial charge in [0.1, 0.15) is 21.1 Å². The maximum absolute atomic E-state index is 3.94. The van der Waals surface area contributed by atoms with Crippen LogP contribution in [0.5, 0.6) is 0 Å². The molecule has 0 fully saturated rings. The van der Waals surface area contributed by atoms with Crippen LogP contribution >= 0.6 is 34.0 Å². The summed E-state index contributed by atoms with van der Waals surface area (Å²) >= 11 is 4.96. The zero-order valence-corrected chi connectivity index (χ0v) is 40.7. The highest BCUT2D eigenvalue weighted by atomic mass is 32.1. The number of hydrogen-bond acceptors (Lipinski definition) is 6. The lowest BCUT2D eigenvalue weighted by atomic mass is 10.3. The number of aryl methyl sites for hydroxylation is 9. The van der Waals surface area contributed by atoms with Gasteiger partial charge in [-0.25, -0.2) is 13.7 Å². The molecule has 6 aromatic rings. The number of thiazole rings is 3. The summed E-state index contributed by atoms with van der Waals surface area (Å²) in [4.78, 5) is 13.0. The van der Waals surface area contributed by atoms with Gasteiger partial charge < -0.3 is 0 Å². The van der Waals surface area contributed by atoms with Crippen molar-refractivity contribution in [1.29, 1.82) is 0 Å². The molecule has 6 nitrogen and oxygen atoms in total. The third-order valence-corrected chi connectivity index (χ3v) is 7.33. The fraction of sp³-hybridized carbons (Fsp3) is 0.467. The number of hydrogen-bond donors (Lipinski definition) is 0. The molecule has 6 heterocycles. The highest BCUT2D eigenvalue weighted by molar-refractivity contribution is 7.09. The average molecular weight is 802 g/mol. The Morgan fingerprint density at radius 1 is 0.537 bits per heavy atom. The molecule has 0 aliphatic heterocycles. The third kappa shape index (κ3) is 46.4. The molecule has 6 rings (SSSR count). The van der Waals surface area contributed by atoms with E-state index in [1.165, 1.54) is 21.7 Å². The van der Waals surface area contributed by atoms with Crippen molar-refractivity contribution in [2.24, 2.45) is 21.1 Å². The fourth-order valence-electron chi connectivity index (χ4n) is 2.77. The first kappa shape index (κ1) is 62.3. The highest BCUT2D eigenvalue weighted by Crippen LogP contribution is 2.00. The summed E-state index contributed by atoms with van der Waals surface area (Å²) in [6.07, 6.45) is 13.9. The number of nitrogens with zero attached hydrogens (tertiary/aromatic N) is 6. The summed E-state index contributed by atoms with van der Waals surface area (Å²) in [5.41, 5.74) is 8.66. The Bertz CT molecular complexity index is 1320. The summed E-state index contributed by atoms with van der Waals surface area (Å²) in [6.45, 7) is 36.3. The van der Waals surface area contributed by atoms with Crippen LogP contribution in [0.1, 0.15) is 115 Å². The lowest BCUT2D eigenvalue weighted by Gasteiger charge is -1.87. The molecule has 9 heteroatoms. The molecule has 6 aromatic heterocycles. The van der Waals surface area contributed by atoms with Crippen molar-refractivity contribution in [2.75, 3.05) is 0 Å². The van der Waals surface area contributed by atoms with Crippen molar-refractivity contribution < 1.29 is 13.7 Å². The molecule has 0 aliphatic rings. The molecule has 0 spiro atoms. The fourth-order valence-corrected chi connectivity index (χ4v) is 4.16. The Labute approximate surface area is 346 Å². The van der Waals surface area contributed by atoms with Gasteiger partial charge in [0, 0.05) is 76.5 Å². The summed E-state index contributed by atoms with van der Waals surface area (Å²) in [7, 11) is 6.07. The Morgan fingerprint density at radius 3 is 1.33 bits per heavy atom. The summed E-state index contributed by atoms with van der Waals surface area (Å²) < 4.78 is 6.14. The second-order valence-electron chi connectivity index (χ2n) is 9.33. The van der Waals surface area contributed by atoms with Crippen LogP contribution in [-0.4, -0.2) is 15.0 Å². The SMILES string of the molecule is CC.CC.CC.CC.CC.CC.Cc1cc[n+](C)cc1.Cc1ccc[n+](C)c1.Cc1cccc[n+]1C.Cc1cncs1.Cc1cscn1.Cc1nccs1. The van der Waals surface area contributed by atoms with Crippen molar-refractivity contribution >= 4 is 34.0 Å². The Balaban J connectivity index is -0.000000121. The van der Waals surface area contributed by atoms with Gasteiger partial charge in [0.25, 0.3) is 0 Å². The average Bonchev–Trinajstić information content (AvgIpc) is 4.03. The molecule has 0 bridgehead atoms. The molecule has 0 unspecified atom stereocenters. The zero-order valence-electron chi connectivity index (χ0n) is 38.3. The second-order valence-corrected chi connectivity index (χ2v) is 12.2. The Hall–Kier alpha value is -3.66. The molecule has 0 aromatic carbocycles.